The molecule has 0 fully saturated rings. The second kappa shape index (κ2) is 7.59. The molecule has 1 atom stereocenters. The number of rotatable bonds is 6. The maximum Gasteiger partial charge on any atom is 0.248 e. The van der Waals surface area contributed by atoms with E-state index in [0.29, 0.717) is 5.92 Å². The molecule has 0 aliphatic carbocycles. The molecule has 0 radical (unpaired) electrons. The smallest absolute Gasteiger partial charge is 0.248 e. The van der Waals surface area contributed by atoms with Crippen LogP contribution in [0.3, 0.4) is 0 Å². The Kier molecular flexibility index (Phi) is 5.53. The van der Waals surface area contributed by atoms with E-state index < -0.39 is 0 Å². The molecule has 2 aromatic rings. The molecule has 0 saturated heterocycles. The summed E-state index contributed by atoms with van der Waals surface area (Å²) >= 11 is 0. The predicted octanol–water partition coefficient (Wildman–Crippen LogP) is 4.07. The van der Waals surface area contributed by atoms with Gasteiger partial charge in [0.1, 0.15) is 0 Å². The van der Waals surface area contributed by atoms with Crippen LogP contribution >= 0.6 is 0 Å². The fourth-order valence-corrected chi connectivity index (χ4v) is 2.13. The molecule has 1 N–H and O–H groups in total. The Hall–Kier alpha value is -2.36. The Bertz CT molecular complexity index is 641. The minimum absolute atomic E-state index is 0.138. The summed E-state index contributed by atoms with van der Waals surface area (Å²) in [5, 5.41) is 7.03. The molecule has 4 nitrogen and oxygen atoms in total. The van der Waals surface area contributed by atoms with E-state index in [9.17, 15) is 4.79 Å². The highest BCUT2D eigenvalue weighted by Crippen LogP contribution is 2.20. The summed E-state index contributed by atoms with van der Waals surface area (Å²) in [4.78, 5) is 11.9. The van der Waals surface area contributed by atoms with Gasteiger partial charge in [-0.15, -0.1) is 0 Å². The lowest BCUT2D eigenvalue weighted by Crippen LogP contribution is -2.07. The lowest BCUT2D eigenvalue weighted by atomic mass is 9.99. The summed E-state index contributed by atoms with van der Waals surface area (Å²) in [5.74, 6) is 0.403. The van der Waals surface area contributed by atoms with Crippen molar-refractivity contribution in [2.75, 3.05) is 5.32 Å². The van der Waals surface area contributed by atoms with Crippen LogP contribution in [0.4, 0.5) is 5.69 Å². The molecule has 1 aromatic heterocycles. The maximum absolute atomic E-state index is 11.9. The Morgan fingerprint density at radius 1 is 1.32 bits per heavy atom. The molecular weight excluding hydrogens is 274 g/mol. The number of nitrogens with zero attached hydrogens (tertiary/aromatic N) is 2. The number of carbonyl (C=O) groups is 1. The van der Waals surface area contributed by atoms with Gasteiger partial charge in [-0.25, -0.2) is 0 Å². The van der Waals surface area contributed by atoms with E-state index in [0.717, 1.165) is 24.2 Å². The Morgan fingerprint density at radius 2 is 2.05 bits per heavy atom. The van der Waals surface area contributed by atoms with Crippen LogP contribution in [-0.2, 0) is 11.3 Å². The summed E-state index contributed by atoms with van der Waals surface area (Å²) in [7, 11) is 0. The molecule has 0 bridgehead atoms. The van der Waals surface area contributed by atoms with Gasteiger partial charge in [-0.2, -0.15) is 5.10 Å². The van der Waals surface area contributed by atoms with Gasteiger partial charge in [0, 0.05) is 30.1 Å². The van der Waals surface area contributed by atoms with Crippen molar-refractivity contribution in [3.05, 3.63) is 53.9 Å². The summed E-state index contributed by atoms with van der Waals surface area (Å²) < 4.78 is 1.82. The second-order valence-electron chi connectivity index (χ2n) is 5.38. The summed E-state index contributed by atoms with van der Waals surface area (Å²) in [5.41, 5.74) is 3.03. The van der Waals surface area contributed by atoms with Crippen molar-refractivity contribution in [1.82, 2.24) is 9.78 Å². The number of aryl methyl sites for hydroxylation is 1. The van der Waals surface area contributed by atoms with Crippen LogP contribution in [0.2, 0.25) is 0 Å². The standard InChI is InChI=1S/C18H23N3O/c1-4-14(3)16-7-9-17(10-8-16)20-18(22)11-6-15-12-19-21(5-2)13-15/h6-14H,4-5H2,1-3H3,(H,20,22). The van der Waals surface area contributed by atoms with Crippen molar-refractivity contribution in [2.45, 2.75) is 39.7 Å². The molecule has 22 heavy (non-hydrogen) atoms. The van der Waals surface area contributed by atoms with Gasteiger partial charge in [-0.3, -0.25) is 9.48 Å². The molecule has 1 unspecified atom stereocenters. The predicted molar refractivity (Wildman–Crippen MR) is 90.7 cm³/mol. The Morgan fingerprint density at radius 3 is 2.64 bits per heavy atom. The molecule has 1 aromatic carbocycles. The zero-order valence-corrected chi connectivity index (χ0v) is 13.4. The second-order valence-corrected chi connectivity index (χ2v) is 5.38. The van der Waals surface area contributed by atoms with Crippen LogP contribution in [0.15, 0.2) is 42.7 Å². The molecule has 0 aliphatic heterocycles. The molecular formula is C18H23N3O. The van der Waals surface area contributed by atoms with Crippen molar-refractivity contribution >= 4 is 17.7 Å². The highest BCUT2D eigenvalue weighted by Gasteiger charge is 2.03. The van der Waals surface area contributed by atoms with E-state index in [4.69, 9.17) is 0 Å². The summed E-state index contributed by atoms with van der Waals surface area (Å²) in [6, 6.07) is 8.03. The van der Waals surface area contributed by atoms with Crippen molar-refractivity contribution in [1.29, 1.82) is 0 Å². The van der Waals surface area contributed by atoms with Crippen LogP contribution in [0.5, 0.6) is 0 Å². The van der Waals surface area contributed by atoms with Gasteiger partial charge in [-0.05, 0) is 43.0 Å². The molecule has 0 aliphatic rings. The summed E-state index contributed by atoms with van der Waals surface area (Å²) in [6.45, 7) is 7.22. The van der Waals surface area contributed by atoms with Crippen molar-refractivity contribution in [2.24, 2.45) is 0 Å². The van der Waals surface area contributed by atoms with Crippen molar-refractivity contribution in [3.63, 3.8) is 0 Å². The lowest BCUT2D eigenvalue weighted by Gasteiger charge is -2.09. The number of anilines is 1. The first kappa shape index (κ1) is 16.0. The lowest BCUT2D eigenvalue weighted by molar-refractivity contribution is -0.111. The first-order valence-electron chi connectivity index (χ1n) is 7.73. The number of amides is 1. The van der Waals surface area contributed by atoms with Gasteiger partial charge in [0.15, 0.2) is 0 Å². The Balaban J connectivity index is 1.94. The minimum atomic E-state index is -0.138. The fourth-order valence-electron chi connectivity index (χ4n) is 2.13. The number of aromatic nitrogens is 2. The van der Waals surface area contributed by atoms with E-state index in [-0.39, 0.29) is 5.91 Å². The van der Waals surface area contributed by atoms with Crippen LogP contribution in [0.1, 0.15) is 44.2 Å². The number of hydrogen-bond acceptors (Lipinski definition) is 2. The van der Waals surface area contributed by atoms with Crippen LogP contribution in [0.25, 0.3) is 6.08 Å². The minimum Gasteiger partial charge on any atom is -0.323 e. The van der Waals surface area contributed by atoms with Crippen molar-refractivity contribution in [3.8, 4) is 0 Å². The molecule has 2 rings (SSSR count). The zero-order chi connectivity index (χ0) is 15.9. The largest absolute Gasteiger partial charge is 0.323 e. The van der Waals surface area contributed by atoms with E-state index in [1.807, 2.05) is 29.9 Å². The molecule has 1 heterocycles. The number of hydrogen-bond donors (Lipinski definition) is 1. The molecule has 0 spiro atoms. The number of carbonyl (C=O) groups excluding carboxylic acids is 1. The average molecular weight is 297 g/mol. The highest BCUT2D eigenvalue weighted by atomic mass is 16.1. The zero-order valence-electron chi connectivity index (χ0n) is 13.4. The third-order valence-electron chi connectivity index (χ3n) is 3.76. The van der Waals surface area contributed by atoms with Gasteiger partial charge < -0.3 is 5.32 Å². The molecule has 1 amide bonds. The van der Waals surface area contributed by atoms with E-state index >= 15 is 0 Å². The quantitative estimate of drug-likeness (QED) is 0.817. The topological polar surface area (TPSA) is 46.9 Å². The van der Waals surface area contributed by atoms with E-state index in [1.165, 1.54) is 11.6 Å². The SMILES string of the molecule is CCC(C)c1ccc(NC(=O)C=Cc2cnn(CC)c2)cc1. The van der Waals surface area contributed by atoms with Crippen LogP contribution in [0, 0.1) is 0 Å². The molecule has 0 saturated carbocycles. The van der Waals surface area contributed by atoms with Gasteiger partial charge in [0.2, 0.25) is 5.91 Å². The normalized spacial score (nSPS) is 12.5. The van der Waals surface area contributed by atoms with Crippen molar-refractivity contribution < 1.29 is 4.79 Å². The van der Waals surface area contributed by atoms with Gasteiger partial charge in [-0.1, -0.05) is 26.0 Å². The van der Waals surface area contributed by atoms with Crippen LogP contribution < -0.4 is 5.32 Å². The maximum atomic E-state index is 11.9. The third kappa shape index (κ3) is 4.32. The molecule has 116 valence electrons. The van der Waals surface area contributed by atoms with Gasteiger partial charge in [0.25, 0.3) is 0 Å². The van der Waals surface area contributed by atoms with Gasteiger partial charge >= 0.3 is 0 Å². The van der Waals surface area contributed by atoms with E-state index in [1.54, 1.807) is 12.3 Å². The average Bonchev–Trinajstić information content (AvgIpc) is 3.01. The van der Waals surface area contributed by atoms with Gasteiger partial charge in [0.05, 0.1) is 6.20 Å². The molecule has 4 heteroatoms. The number of nitrogens with one attached hydrogen (secondary N) is 1. The fraction of sp³-hybridized carbons (Fsp3) is 0.333. The highest BCUT2D eigenvalue weighted by molar-refractivity contribution is 6.01. The number of benzene rings is 1. The van der Waals surface area contributed by atoms with E-state index in [2.05, 4.69) is 36.4 Å². The van der Waals surface area contributed by atoms with Crippen LogP contribution in [-0.4, -0.2) is 15.7 Å². The third-order valence-corrected chi connectivity index (χ3v) is 3.76. The summed E-state index contributed by atoms with van der Waals surface area (Å²) in [6.07, 6.45) is 8.06. The monoisotopic (exact) mass is 297 g/mol. The first-order chi connectivity index (χ1) is 10.6. The first-order valence-corrected chi connectivity index (χ1v) is 7.73. The Labute approximate surface area is 131 Å².